The first-order chi connectivity index (χ1) is 12.7. The van der Waals surface area contributed by atoms with Gasteiger partial charge in [-0.1, -0.05) is 18.0 Å². The van der Waals surface area contributed by atoms with Crippen molar-refractivity contribution in [3.8, 4) is 17.1 Å². The molecule has 26 heavy (non-hydrogen) atoms. The van der Waals surface area contributed by atoms with Gasteiger partial charge in [-0.05, 0) is 61.4 Å². The van der Waals surface area contributed by atoms with Crippen molar-refractivity contribution in [3.05, 3.63) is 71.3 Å². The summed E-state index contributed by atoms with van der Waals surface area (Å²) in [6.07, 6.45) is 6.81. The van der Waals surface area contributed by atoms with E-state index in [0.29, 0.717) is 11.1 Å². The number of rotatable bonds is 6. The van der Waals surface area contributed by atoms with Gasteiger partial charge in [0.05, 0.1) is 5.69 Å². The van der Waals surface area contributed by atoms with E-state index in [1.807, 2.05) is 28.8 Å². The fourth-order valence-corrected chi connectivity index (χ4v) is 3.29. The molecule has 1 aromatic heterocycles. The molecule has 1 aliphatic carbocycles. The van der Waals surface area contributed by atoms with Gasteiger partial charge in [0.25, 0.3) is 0 Å². The lowest BCUT2D eigenvalue weighted by Gasteiger charge is -2.26. The number of nitrogens with one attached hydrogen (secondary N) is 1. The van der Waals surface area contributed by atoms with Crippen molar-refractivity contribution in [2.75, 3.05) is 6.54 Å². The third-order valence-corrected chi connectivity index (χ3v) is 5.13. The lowest BCUT2D eigenvalue weighted by molar-refractivity contribution is 0.341. The molecule has 0 bridgehead atoms. The summed E-state index contributed by atoms with van der Waals surface area (Å²) in [7, 11) is 0. The number of nitrogens with zero attached hydrogens (tertiary/aromatic N) is 2. The number of benzene rings is 2. The molecule has 1 saturated carbocycles. The van der Waals surface area contributed by atoms with Gasteiger partial charge in [0, 0.05) is 41.5 Å². The van der Waals surface area contributed by atoms with E-state index in [1.54, 1.807) is 12.1 Å². The summed E-state index contributed by atoms with van der Waals surface area (Å²) in [6, 6.07) is 14.8. The predicted molar refractivity (Wildman–Crippen MR) is 103 cm³/mol. The molecule has 0 atom stereocenters. The minimum absolute atomic E-state index is 0.247. The van der Waals surface area contributed by atoms with Gasteiger partial charge in [0.2, 0.25) is 0 Å². The second kappa shape index (κ2) is 7.60. The molecule has 3 nitrogen and oxygen atoms in total. The van der Waals surface area contributed by atoms with Crippen LogP contribution in [0.3, 0.4) is 0 Å². The molecule has 1 heterocycles. The summed E-state index contributed by atoms with van der Waals surface area (Å²) in [4.78, 5) is 4.82. The molecule has 0 amide bonds. The number of aromatic nitrogens is 2. The first kappa shape index (κ1) is 17.3. The zero-order chi connectivity index (χ0) is 17.9. The van der Waals surface area contributed by atoms with Crippen LogP contribution in [0.1, 0.15) is 25.0 Å². The molecule has 0 spiro atoms. The van der Waals surface area contributed by atoms with Crippen molar-refractivity contribution in [1.29, 1.82) is 0 Å². The van der Waals surface area contributed by atoms with Gasteiger partial charge in [0.15, 0.2) is 0 Å². The first-order valence-corrected chi connectivity index (χ1v) is 9.40. The van der Waals surface area contributed by atoms with Crippen LogP contribution in [0.4, 0.5) is 4.39 Å². The van der Waals surface area contributed by atoms with E-state index >= 15 is 0 Å². The second-order valence-electron chi connectivity index (χ2n) is 6.74. The zero-order valence-corrected chi connectivity index (χ0v) is 15.2. The van der Waals surface area contributed by atoms with Gasteiger partial charge in [-0.2, -0.15) is 0 Å². The second-order valence-corrected chi connectivity index (χ2v) is 7.18. The molecule has 1 N–H and O–H groups in total. The highest BCUT2D eigenvalue weighted by molar-refractivity contribution is 6.30. The van der Waals surface area contributed by atoms with Crippen LogP contribution >= 0.6 is 11.6 Å². The average molecular weight is 370 g/mol. The van der Waals surface area contributed by atoms with Crippen molar-refractivity contribution in [1.82, 2.24) is 14.9 Å². The molecule has 3 aromatic rings. The fourth-order valence-electron chi connectivity index (χ4n) is 3.17. The van der Waals surface area contributed by atoms with Crippen molar-refractivity contribution in [2.24, 2.45) is 0 Å². The van der Waals surface area contributed by atoms with E-state index in [4.69, 9.17) is 16.6 Å². The standard InChI is InChI=1S/C21H21ClFN3/c22-16-6-10-20(11-7-16)26-14-19(12-13-24-18-2-1-3-18)25-21(26)15-4-8-17(23)9-5-15/h4-11,14,18,24H,1-3,12-13H2. The normalized spacial score (nSPS) is 14.4. The molecule has 1 aliphatic rings. The maximum absolute atomic E-state index is 13.3. The maximum Gasteiger partial charge on any atom is 0.144 e. The summed E-state index contributed by atoms with van der Waals surface area (Å²) in [5.74, 6) is 0.564. The van der Waals surface area contributed by atoms with Gasteiger partial charge in [-0.15, -0.1) is 0 Å². The molecule has 4 rings (SSSR count). The predicted octanol–water partition coefficient (Wildman–Crippen LogP) is 5.02. The van der Waals surface area contributed by atoms with E-state index in [1.165, 1.54) is 31.4 Å². The quantitative estimate of drug-likeness (QED) is 0.661. The maximum atomic E-state index is 13.3. The zero-order valence-electron chi connectivity index (χ0n) is 14.5. The highest BCUT2D eigenvalue weighted by Crippen LogP contribution is 2.25. The Morgan fingerprint density at radius 1 is 1.08 bits per heavy atom. The molecular formula is C21H21ClFN3. The Morgan fingerprint density at radius 2 is 1.81 bits per heavy atom. The van der Waals surface area contributed by atoms with Crippen molar-refractivity contribution in [3.63, 3.8) is 0 Å². The van der Waals surface area contributed by atoms with E-state index in [9.17, 15) is 4.39 Å². The molecule has 134 valence electrons. The summed E-state index contributed by atoms with van der Waals surface area (Å²) >= 11 is 6.02. The monoisotopic (exact) mass is 369 g/mol. The number of imidazole rings is 1. The van der Waals surface area contributed by atoms with Crippen LogP contribution in [-0.4, -0.2) is 22.1 Å². The Bertz CT molecular complexity index is 804. The minimum Gasteiger partial charge on any atom is -0.314 e. The number of hydrogen-bond acceptors (Lipinski definition) is 2. The summed E-state index contributed by atoms with van der Waals surface area (Å²) in [5.41, 5.74) is 2.89. The third kappa shape index (κ3) is 3.81. The fraction of sp³-hybridized carbons (Fsp3) is 0.286. The van der Waals surface area contributed by atoms with Crippen LogP contribution in [-0.2, 0) is 6.42 Å². The molecular weight excluding hydrogens is 349 g/mol. The molecule has 0 unspecified atom stereocenters. The topological polar surface area (TPSA) is 29.9 Å². The summed E-state index contributed by atoms with van der Waals surface area (Å²) < 4.78 is 15.4. The largest absolute Gasteiger partial charge is 0.314 e. The van der Waals surface area contributed by atoms with Crippen LogP contribution in [0.5, 0.6) is 0 Å². The van der Waals surface area contributed by atoms with Crippen LogP contribution in [0.25, 0.3) is 17.1 Å². The minimum atomic E-state index is -0.247. The van der Waals surface area contributed by atoms with E-state index in [0.717, 1.165) is 35.7 Å². The smallest absolute Gasteiger partial charge is 0.144 e. The van der Waals surface area contributed by atoms with Crippen molar-refractivity contribution >= 4 is 11.6 Å². The highest BCUT2D eigenvalue weighted by Gasteiger charge is 2.17. The lowest BCUT2D eigenvalue weighted by atomic mass is 9.93. The number of hydrogen-bond donors (Lipinski definition) is 1. The van der Waals surface area contributed by atoms with Gasteiger partial charge in [-0.25, -0.2) is 9.37 Å². The first-order valence-electron chi connectivity index (χ1n) is 9.02. The molecule has 1 fully saturated rings. The van der Waals surface area contributed by atoms with Crippen LogP contribution in [0.15, 0.2) is 54.7 Å². The highest BCUT2D eigenvalue weighted by atomic mass is 35.5. The Morgan fingerprint density at radius 3 is 2.46 bits per heavy atom. The Kier molecular flexibility index (Phi) is 5.05. The molecule has 5 heteroatoms. The number of halogens is 2. The van der Waals surface area contributed by atoms with Crippen LogP contribution in [0, 0.1) is 5.82 Å². The summed E-state index contributed by atoms with van der Waals surface area (Å²) in [6.45, 7) is 0.922. The third-order valence-electron chi connectivity index (χ3n) is 4.88. The van der Waals surface area contributed by atoms with Gasteiger partial charge in [-0.3, -0.25) is 4.57 Å². The van der Waals surface area contributed by atoms with Gasteiger partial charge >= 0.3 is 0 Å². The van der Waals surface area contributed by atoms with E-state index in [-0.39, 0.29) is 5.82 Å². The van der Waals surface area contributed by atoms with E-state index in [2.05, 4.69) is 11.5 Å². The SMILES string of the molecule is Fc1ccc(-c2nc(CCNC3CCC3)cn2-c2ccc(Cl)cc2)cc1. The molecule has 2 aromatic carbocycles. The summed E-state index contributed by atoms with van der Waals surface area (Å²) in [5, 5.41) is 4.27. The molecule has 0 saturated heterocycles. The average Bonchev–Trinajstić information content (AvgIpc) is 3.02. The molecule has 0 radical (unpaired) electrons. The Labute approximate surface area is 157 Å². The van der Waals surface area contributed by atoms with Crippen molar-refractivity contribution < 1.29 is 4.39 Å². The Hall–Kier alpha value is -2.17. The Balaban J connectivity index is 1.62. The van der Waals surface area contributed by atoms with Crippen LogP contribution in [0.2, 0.25) is 5.02 Å². The molecule has 0 aliphatic heterocycles. The van der Waals surface area contributed by atoms with E-state index < -0.39 is 0 Å². The lowest BCUT2D eigenvalue weighted by Crippen LogP contribution is -2.36. The van der Waals surface area contributed by atoms with Crippen molar-refractivity contribution in [2.45, 2.75) is 31.7 Å². The van der Waals surface area contributed by atoms with Gasteiger partial charge in [0.1, 0.15) is 11.6 Å². The van der Waals surface area contributed by atoms with Gasteiger partial charge < -0.3 is 5.32 Å². The van der Waals surface area contributed by atoms with Crippen LogP contribution < -0.4 is 5.32 Å².